The van der Waals surface area contributed by atoms with Crippen LogP contribution in [0.25, 0.3) is 11.1 Å². The monoisotopic (exact) mass is 457 g/mol. The zero-order valence-corrected chi connectivity index (χ0v) is 19.5. The molecule has 166 valence electrons. The minimum atomic E-state index is -3.93. The second-order valence-corrected chi connectivity index (χ2v) is 10.5. The maximum Gasteiger partial charge on any atom is 0.265 e. The highest BCUT2D eigenvalue weighted by molar-refractivity contribution is 7.92. The number of fused-ring (bicyclic) bond motifs is 3. The van der Waals surface area contributed by atoms with Crippen LogP contribution in [0.2, 0.25) is 0 Å². The van der Waals surface area contributed by atoms with Gasteiger partial charge in [-0.2, -0.15) is 0 Å². The Morgan fingerprint density at radius 2 is 1.27 bits per heavy atom. The molecule has 5 rings (SSSR count). The fourth-order valence-electron chi connectivity index (χ4n) is 4.52. The van der Waals surface area contributed by atoms with E-state index >= 15 is 0 Å². The van der Waals surface area contributed by atoms with Crippen molar-refractivity contribution in [3.05, 3.63) is 119 Å². The van der Waals surface area contributed by atoms with Crippen molar-refractivity contribution in [1.29, 1.82) is 0 Å². The number of sulfonamides is 1. The summed E-state index contributed by atoms with van der Waals surface area (Å²) in [5.41, 5.74) is 7.21. The van der Waals surface area contributed by atoms with Gasteiger partial charge in [0, 0.05) is 5.56 Å². The molecule has 1 atom stereocenters. The van der Waals surface area contributed by atoms with Gasteiger partial charge in [-0.15, -0.1) is 0 Å². The summed E-state index contributed by atoms with van der Waals surface area (Å²) in [5.74, 6) is -0.359. The normalized spacial score (nSPS) is 15.2. The predicted octanol–water partition coefficient (Wildman–Crippen LogP) is 6.72. The number of rotatable bonds is 3. The SMILES string of the molecule is Cc1ccc(S(=O)(=O)N2c3ccc(C)cc3-c3cc(C)ccc3C2c2ccc(F)cc2)cc1. The summed E-state index contributed by atoms with van der Waals surface area (Å²) in [7, 11) is -3.93. The minimum absolute atomic E-state index is 0.224. The first-order valence-corrected chi connectivity index (χ1v) is 12.3. The molecular weight excluding hydrogens is 433 g/mol. The molecule has 0 amide bonds. The average molecular weight is 458 g/mol. The van der Waals surface area contributed by atoms with Crippen LogP contribution >= 0.6 is 0 Å². The van der Waals surface area contributed by atoms with Crippen molar-refractivity contribution in [1.82, 2.24) is 0 Å². The van der Waals surface area contributed by atoms with Crippen LogP contribution in [-0.4, -0.2) is 8.42 Å². The van der Waals surface area contributed by atoms with Crippen LogP contribution in [-0.2, 0) is 10.0 Å². The molecule has 1 aliphatic rings. The molecule has 1 heterocycles. The molecule has 0 aromatic heterocycles. The third kappa shape index (κ3) is 3.62. The lowest BCUT2D eigenvalue weighted by Gasteiger charge is -2.40. The van der Waals surface area contributed by atoms with E-state index in [1.807, 2.05) is 51.1 Å². The Bertz CT molecular complexity index is 1460. The molecule has 0 radical (unpaired) electrons. The van der Waals surface area contributed by atoms with Crippen LogP contribution in [0.1, 0.15) is 33.9 Å². The van der Waals surface area contributed by atoms with Crippen molar-refractivity contribution in [3.8, 4) is 11.1 Å². The van der Waals surface area contributed by atoms with Gasteiger partial charge in [0.05, 0.1) is 16.6 Å². The van der Waals surface area contributed by atoms with Gasteiger partial charge in [0.1, 0.15) is 5.82 Å². The molecule has 4 aromatic carbocycles. The second-order valence-electron chi connectivity index (χ2n) is 8.68. The van der Waals surface area contributed by atoms with Gasteiger partial charge < -0.3 is 0 Å². The number of hydrogen-bond acceptors (Lipinski definition) is 2. The Morgan fingerprint density at radius 3 is 1.94 bits per heavy atom. The van der Waals surface area contributed by atoms with E-state index in [1.165, 1.54) is 16.4 Å². The standard InChI is InChI=1S/C28H24FNO2S/c1-18-4-12-23(13-5-18)33(31,32)30-27-15-7-20(3)17-26(27)25-16-19(2)6-14-24(25)28(30)21-8-10-22(29)11-9-21/h4-17,28H,1-3H3. The van der Waals surface area contributed by atoms with Gasteiger partial charge in [0.2, 0.25) is 0 Å². The van der Waals surface area contributed by atoms with E-state index in [0.29, 0.717) is 11.3 Å². The van der Waals surface area contributed by atoms with Gasteiger partial charge in [-0.25, -0.2) is 12.8 Å². The van der Waals surface area contributed by atoms with E-state index < -0.39 is 16.1 Å². The highest BCUT2D eigenvalue weighted by atomic mass is 32.2. The van der Waals surface area contributed by atoms with Gasteiger partial charge in [0.15, 0.2) is 0 Å². The van der Waals surface area contributed by atoms with Crippen molar-refractivity contribution in [2.75, 3.05) is 4.31 Å². The van der Waals surface area contributed by atoms with E-state index in [9.17, 15) is 12.8 Å². The molecule has 1 aliphatic heterocycles. The molecule has 0 N–H and O–H groups in total. The number of anilines is 1. The first kappa shape index (κ1) is 21.4. The number of nitrogens with zero attached hydrogens (tertiary/aromatic N) is 1. The lowest BCUT2D eigenvalue weighted by Crippen LogP contribution is -2.38. The topological polar surface area (TPSA) is 37.4 Å². The average Bonchev–Trinajstić information content (AvgIpc) is 2.79. The predicted molar refractivity (Wildman–Crippen MR) is 130 cm³/mol. The van der Waals surface area contributed by atoms with E-state index in [0.717, 1.165) is 33.4 Å². The minimum Gasteiger partial charge on any atom is -0.254 e. The summed E-state index contributed by atoms with van der Waals surface area (Å²) in [5, 5.41) is 0. The van der Waals surface area contributed by atoms with Crippen molar-refractivity contribution in [2.45, 2.75) is 31.7 Å². The lowest BCUT2D eigenvalue weighted by atomic mass is 9.85. The zero-order chi connectivity index (χ0) is 23.3. The summed E-state index contributed by atoms with van der Waals surface area (Å²) < 4.78 is 43.5. The van der Waals surface area contributed by atoms with Crippen LogP contribution in [0.3, 0.4) is 0 Å². The van der Waals surface area contributed by atoms with Gasteiger partial charge in [-0.3, -0.25) is 4.31 Å². The summed E-state index contributed by atoms with van der Waals surface area (Å²) in [6.45, 7) is 5.95. The first-order valence-electron chi connectivity index (χ1n) is 10.8. The smallest absolute Gasteiger partial charge is 0.254 e. The summed E-state index contributed by atoms with van der Waals surface area (Å²) >= 11 is 0. The van der Waals surface area contributed by atoms with Crippen molar-refractivity contribution < 1.29 is 12.8 Å². The molecule has 1 unspecified atom stereocenters. The van der Waals surface area contributed by atoms with Crippen molar-refractivity contribution in [3.63, 3.8) is 0 Å². The molecular formula is C28H24FNO2S. The third-order valence-electron chi connectivity index (χ3n) is 6.18. The fraction of sp³-hybridized carbons (Fsp3) is 0.143. The van der Waals surface area contributed by atoms with E-state index in [1.54, 1.807) is 36.4 Å². The molecule has 0 spiro atoms. The number of aryl methyl sites for hydroxylation is 3. The Labute approximate surface area is 194 Å². The molecule has 0 saturated carbocycles. The molecule has 0 saturated heterocycles. The molecule has 33 heavy (non-hydrogen) atoms. The fourth-order valence-corrected chi connectivity index (χ4v) is 6.16. The molecule has 5 heteroatoms. The van der Waals surface area contributed by atoms with Gasteiger partial charge in [-0.1, -0.05) is 65.2 Å². The number of benzene rings is 4. The van der Waals surface area contributed by atoms with Crippen LogP contribution in [0.5, 0.6) is 0 Å². The molecule has 4 aromatic rings. The highest BCUT2D eigenvalue weighted by Gasteiger charge is 2.40. The molecule has 3 nitrogen and oxygen atoms in total. The summed E-state index contributed by atoms with van der Waals surface area (Å²) in [4.78, 5) is 0.224. The van der Waals surface area contributed by atoms with Gasteiger partial charge >= 0.3 is 0 Å². The number of halogens is 1. The molecule has 0 bridgehead atoms. The highest BCUT2D eigenvalue weighted by Crippen LogP contribution is 2.50. The van der Waals surface area contributed by atoms with Crippen molar-refractivity contribution >= 4 is 15.7 Å². The van der Waals surface area contributed by atoms with Crippen LogP contribution in [0.4, 0.5) is 10.1 Å². The maximum absolute atomic E-state index is 14.1. The summed E-state index contributed by atoms with van der Waals surface area (Å²) in [6, 6.07) is 24.3. The van der Waals surface area contributed by atoms with Gasteiger partial charge in [-0.05, 0) is 73.9 Å². The van der Waals surface area contributed by atoms with E-state index in [4.69, 9.17) is 0 Å². The van der Waals surface area contributed by atoms with Crippen molar-refractivity contribution in [2.24, 2.45) is 0 Å². The number of hydrogen-bond donors (Lipinski definition) is 0. The Kier molecular flexibility index (Phi) is 5.09. The van der Waals surface area contributed by atoms with Gasteiger partial charge in [0.25, 0.3) is 10.0 Å². The molecule has 0 aliphatic carbocycles. The van der Waals surface area contributed by atoms with Crippen LogP contribution in [0, 0.1) is 26.6 Å². The van der Waals surface area contributed by atoms with E-state index in [2.05, 4.69) is 6.07 Å². The second kappa shape index (κ2) is 7.85. The van der Waals surface area contributed by atoms with E-state index in [-0.39, 0.29) is 10.7 Å². The quantitative estimate of drug-likeness (QED) is 0.343. The lowest BCUT2D eigenvalue weighted by molar-refractivity contribution is 0.584. The zero-order valence-electron chi connectivity index (χ0n) is 18.7. The molecule has 0 fully saturated rings. The van der Waals surface area contributed by atoms with Crippen LogP contribution in [0.15, 0.2) is 89.8 Å². The maximum atomic E-state index is 14.1. The summed E-state index contributed by atoms with van der Waals surface area (Å²) in [6.07, 6.45) is 0. The largest absolute Gasteiger partial charge is 0.265 e. The third-order valence-corrected chi connectivity index (χ3v) is 7.97. The van der Waals surface area contributed by atoms with Crippen LogP contribution < -0.4 is 4.31 Å². The Hall–Kier alpha value is -3.44. The Balaban J connectivity index is 1.84. The Morgan fingerprint density at radius 1 is 0.697 bits per heavy atom. The first-order chi connectivity index (χ1) is 15.8.